The van der Waals surface area contributed by atoms with Crippen molar-refractivity contribution in [2.45, 2.75) is 29.1 Å². The molecule has 0 spiro atoms. The number of thiophene rings is 1. The average molecular weight is 409 g/mol. The second kappa shape index (κ2) is 6.70. The molecule has 27 heavy (non-hydrogen) atoms. The van der Waals surface area contributed by atoms with E-state index < -0.39 is 39.9 Å². The number of urea groups is 1. The molecular formula is C17H16FN3O4S2. The van der Waals surface area contributed by atoms with Gasteiger partial charge in [-0.05, 0) is 42.5 Å². The van der Waals surface area contributed by atoms with Crippen LogP contribution < -0.4 is 9.62 Å². The van der Waals surface area contributed by atoms with E-state index in [-0.39, 0.29) is 22.9 Å². The lowest BCUT2D eigenvalue weighted by molar-refractivity contribution is -0.120. The molecule has 2 aromatic rings. The lowest BCUT2D eigenvalue weighted by Gasteiger charge is -2.32. The van der Waals surface area contributed by atoms with Gasteiger partial charge in [-0.2, -0.15) is 0 Å². The predicted molar refractivity (Wildman–Crippen MR) is 97.4 cm³/mol. The van der Waals surface area contributed by atoms with Crippen molar-refractivity contribution in [3.05, 3.63) is 47.6 Å². The molecule has 0 aliphatic carbocycles. The topological polar surface area (TPSA) is 86.8 Å². The maximum atomic E-state index is 13.5. The van der Waals surface area contributed by atoms with Gasteiger partial charge in [0.1, 0.15) is 16.1 Å². The zero-order valence-corrected chi connectivity index (χ0v) is 15.7. The number of hydrogen-bond acceptors (Lipinski definition) is 5. The Morgan fingerprint density at radius 2 is 2.00 bits per heavy atom. The molecule has 4 rings (SSSR count). The number of fused-ring (bicyclic) bond motifs is 1. The standard InChI is InChI=1S/C17H16FN3O4S2/c18-11-3-1-4-13(9-11)21-16(22)14-10-12(6-7-20(14)17(21)23)19-27(24,25)15-5-2-8-26-15/h1-5,8-9,12,14,19H,6-7,10H2. The smallest absolute Gasteiger partial charge is 0.312 e. The predicted octanol–water partition coefficient (Wildman–Crippen LogP) is 2.17. The van der Waals surface area contributed by atoms with Gasteiger partial charge in [-0.1, -0.05) is 12.1 Å². The lowest BCUT2D eigenvalue weighted by atomic mass is 9.99. The summed E-state index contributed by atoms with van der Waals surface area (Å²) in [6.07, 6.45) is 0.581. The van der Waals surface area contributed by atoms with Crippen molar-refractivity contribution < 1.29 is 22.4 Å². The monoisotopic (exact) mass is 409 g/mol. The number of carbonyl (C=O) groups excluding carboxylic acids is 2. The van der Waals surface area contributed by atoms with Gasteiger partial charge in [0.15, 0.2) is 0 Å². The maximum Gasteiger partial charge on any atom is 0.332 e. The van der Waals surface area contributed by atoms with Crippen LogP contribution >= 0.6 is 11.3 Å². The Morgan fingerprint density at radius 1 is 1.19 bits per heavy atom. The molecule has 1 aromatic carbocycles. The number of anilines is 1. The van der Waals surface area contributed by atoms with E-state index in [9.17, 15) is 22.4 Å². The van der Waals surface area contributed by atoms with Crippen molar-refractivity contribution >= 4 is 39.0 Å². The minimum Gasteiger partial charge on any atom is -0.312 e. The first kappa shape index (κ1) is 18.1. The Bertz CT molecular complexity index is 993. The van der Waals surface area contributed by atoms with Gasteiger partial charge in [0.05, 0.1) is 5.69 Å². The summed E-state index contributed by atoms with van der Waals surface area (Å²) in [6.45, 7) is 0.249. The van der Waals surface area contributed by atoms with Gasteiger partial charge < -0.3 is 4.90 Å². The molecular weight excluding hydrogens is 393 g/mol. The summed E-state index contributed by atoms with van der Waals surface area (Å²) < 4.78 is 41.1. The second-order valence-electron chi connectivity index (χ2n) is 6.42. The first-order valence-electron chi connectivity index (χ1n) is 8.33. The zero-order chi connectivity index (χ0) is 19.2. The van der Waals surface area contributed by atoms with E-state index in [1.54, 1.807) is 11.4 Å². The number of amides is 3. The first-order valence-corrected chi connectivity index (χ1v) is 10.7. The van der Waals surface area contributed by atoms with E-state index in [1.165, 1.54) is 29.2 Å². The third-order valence-corrected chi connectivity index (χ3v) is 7.61. The zero-order valence-electron chi connectivity index (χ0n) is 14.0. The number of carbonyl (C=O) groups is 2. The molecule has 0 bridgehead atoms. The van der Waals surface area contributed by atoms with Gasteiger partial charge in [0.25, 0.3) is 5.91 Å². The fourth-order valence-electron chi connectivity index (χ4n) is 3.45. The Labute approximate surface area is 159 Å². The van der Waals surface area contributed by atoms with E-state index in [2.05, 4.69) is 4.72 Å². The molecule has 10 heteroatoms. The van der Waals surface area contributed by atoms with Crippen LogP contribution in [0, 0.1) is 5.82 Å². The summed E-state index contributed by atoms with van der Waals surface area (Å²) in [5.74, 6) is -1.01. The third-order valence-electron chi connectivity index (χ3n) is 4.69. The lowest BCUT2D eigenvalue weighted by Crippen LogP contribution is -2.49. The summed E-state index contributed by atoms with van der Waals surface area (Å²) in [6, 6.07) is 6.73. The van der Waals surface area contributed by atoms with Crippen molar-refractivity contribution in [1.29, 1.82) is 0 Å². The number of benzene rings is 1. The Kier molecular flexibility index (Phi) is 4.49. The highest BCUT2D eigenvalue weighted by atomic mass is 32.2. The molecule has 2 fully saturated rings. The number of imide groups is 1. The SMILES string of the molecule is O=C1C2CC(NS(=O)(=O)c3cccs3)CCN2C(=O)N1c1cccc(F)c1. The highest BCUT2D eigenvalue weighted by Gasteiger charge is 2.49. The minimum atomic E-state index is -3.66. The van der Waals surface area contributed by atoms with Gasteiger partial charge in [-0.15, -0.1) is 11.3 Å². The molecule has 1 aromatic heterocycles. The van der Waals surface area contributed by atoms with Gasteiger partial charge in [0, 0.05) is 12.6 Å². The molecule has 2 unspecified atom stereocenters. The van der Waals surface area contributed by atoms with Crippen LogP contribution in [0.2, 0.25) is 0 Å². The number of halogens is 1. The summed E-state index contributed by atoms with van der Waals surface area (Å²) >= 11 is 1.11. The second-order valence-corrected chi connectivity index (χ2v) is 9.31. The Hall–Kier alpha value is -2.30. The van der Waals surface area contributed by atoms with Crippen molar-refractivity contribution in [2.75, 3.05) is 11.4 Å². The van der Waals surface area contributed by atoms with Gasteiger partial charge in [0.2, 0.25) is 10.0 Å². The quantitative estimate of drug-likeness (QED) is 0.784. The Balaban J connectivity index is 1.53. The highest BCUT2D eigenvalue weighted by molar-refractivity contribution is 7.91. The van der Waals surface area contributed by atoms with Crippen LogP contribution in [0.25, 0.3) is 0 Å². The summed E-state index contributed by atoms with van der Waals surface area (Å²) in [5.41, 5.74) is 0.176. The average Bonchev–Trinajstić information content (AvgIpc) is 3.24. The van der Waals surface area contributed by atoms with E-state index in [1.807, 2.05) is 0 Å². The fraction of sp³-hybridized carbons (Fsp3) is 0.294. The third kappa shape index (κ3) is 3.24. The van der Waals surface area contributed by atoms with Crippen molar-refractivity contribution in [3.63, 3.8) is 0 Å². The summed E-state index contributed by atoms with van der Waals surface area (Å²) in [4.78, 5) is 27.8. The van der Waals surface area contributed by atoms with Crippen molar-refractivity contribution in [2.24, 2.45) is 0 Å². The first-order chi connectivity index (χ1) is 12.9. The number of nitrogens with zero attached hydrogens (tertiary/aromatic N) is 2. The summed E-state index contributed by atoms with van der Waals surface area (Å²) in [5, 5.41) is 1.67. The molecule has 0 saturated carbocycles. The van der Waals surface area contributed by atoms with Gasteiger partial charge >= 0.3 is 6.03 Å². The molecule has 2 saturated heterocycles. The Morgan fingerprint density at radius 3 is 2.70 bits per heavy atom. The molecule has 3 heterocycles. The number of nitrogens with one attached hydrogen (secondary N) is 1. The number of rotatable bonds is 4. The van der Waals surface area contributed by atoms with E-state index in [4.69, 9.17) is 0 Å². The highest BCUT2D eigenvalue weighted by Crippen LogP contribution is 2.31. The molecule has 2 aliphatic rings. The van der Waals surface area contributed by atoms with Crippen LogP contribution in [0.3, 0.4) is 0 Å². The van der Waals surface area contributed by atoms with Gasteiger partial charge in [-0.25, -0.2) is 27.2 Å². The fourth-order valence-corrected chi connectivity index (χ4v) is 5.75. The van der Waals surface area contributed by atoms with Crippen LogP contribution in [-0.4, -0.2) is 43.9 Å². The van der Waals surface area contributed by atoms with Crippen LogP contribution in [0.1, 0.15) is 12.8 Å². The molecule has 1 N–H and O–H groups in total. The largest absolute Gasteiger partial charge is 0.332 e. The van der Waals surface area contributed by atoms with Gasteiger partial charge in [-0.3, -0.25) is 4.79 Å². The molecule has 0 radical (unpaired) electrons. The molecule has 2 atom stereocenters. The van der Waals surface area contributed by atoms with E-state index in [0.29, 0.717) is 6.42 Å². The van der Waals surface area contributed by atoms with Crippen LogP contribution in [-0.2, 0) is 14.8 Å². The van der Waals surface area contributed by atoms with Crippen molar-refractivity contribution in [3.8, 4) is 0 Å². The minimum absolute atomic E-state index is 0.176. The van der Waals surface area contributed by atoms with Crippen LogP contribution in [0.4, 0.5) is 14.9 Å². The van der Waals surface area contributed by atoms with Crippen LogP contribution in [0.15, 0.2) is 46.0 Å². The number of sulfonamides is 1. The maximum absolute atomic E-state index is 13.5. The molecule has 142 valence electrons. The number of piperidine rings is 1. The molecule has 2 aliphatic heterocycles. The van der Waals surface area contributed by atoms with E-state index in [0.717, 1.165) is 22.3 Å². The molecule has 7 nitrogen and oxygen atoms in total. The van der Waals surface area contributed by atoms with E-state index >= 15 is 0 Å². The van der Waals surface area contributed by atoms with Crippen molar-refractivity contribution in [1.82, 2.24) is 9.62 Å². The van der Waals surface area contributed by atoms with Crippen LogP contribution in [0.5, 0.6) is 0 Å². The number of hydrogen-bond donors (Lipinski definition) is 1. The molecule has 3 amide bonds. The summed E-state index contributed by atoms with van der Waals surface area (Å²) in [7, 11) is -3.66. The normalized spacial score (nSPS) is 23.0.